The number of thiazole rings is 1. The monoisotopic (exact) mass is 469 g/mol. The number of ether oxygens (including phenoxy) is 2. The number of hydrogen-bond donors (Lipinski definition) is 3. The Balaban J connectivity index is 1.65. The van der Waals surface area contributed by atoms with Crippen molar-refractivity contribution in [3.05, 3.63) is 40.7 Å². The molecule has 1 aromatic carbocycles. The summed E-state index contributed by atoms with van der Waals surface area (Å²) in [5.74, 6) is 1.13. The van der Waals surface area contributed by atoms with Crippen molar-refractivity contribution in [3.8, 4) is 11.5 Å². The Hall–Kier alpha value is -3.93. The number of aromatic carboxylic acids is 1. The second-order valence-corrected chi connectivity index (χ2v) is 8.00. The van der Waals surface area contributed by atoms with E-state index in [1.807, 2.05) is 29.7 Å². The van der Waals surface area contributed by atoms with Crippen LogP contribution in [0.3, 0.4) is 0 Å². The number of methoxy groups -OCH3 is 2. The maximum atomic E-state index is 11.3. The highest BCUT2D eigenvalue weighted by molar-refractivity contribution is 7.17. The molecule has 0 fully saturated rings. The van der Waals surface area contributed by atoms with Crippen LogP contribution >= 0.6 is 11.3 Å². The van der Waals surface area contributed by atoms with Crippen LogP contribution in [0.5, 0.6) is 11.5 Å². The molecule has 0 aliphatic rings. The lowest BCUT2D eigenvalue weighted by atomic mass is 10.2. The molecule has 172 valence electrons. The highest BCUT2D eigenvalue weighted by atomic mass is 32.1. The number of anilines is 3. The van der Waals surface area contributed by atoms with Gasteiger partial charge in [-0.25, -0.2) is 14.8 Å². The number of imidazole rings is 1. The van der Waals surface area contributed by atoms with Gasteiger partial charge in [0.25, 0.3) is 0 Å². The van der Waals surface area contributed by atoms with Gasteiger partial charge >= 0.3 is 5.97 Å². The fraction of sp³-hybridized carbons (Fsp3) is 0.286. The first-order valence-corrected chi connectivity index (χ1v) is 10.9. The van der Waals surface area contributed by atoms with E-state index in [0.717, 1.165) is 22.4 Å². The van der Waals surface area contributed by atoms with Gasteiger partial charge in [0, 0.05) is 13.1 Å². The van der Waals surface area contributed by atoms with Gasteiger partial charge in [0.1, 0.15) is 10.4 Å². The zero-order chi connectivity index (χ0) is 23.5. The Kier molecular flexibility index (Phi) is 6.27. The number of aryl methyl sites for hydroxylation is 2. The SMILES string of the molecule is CCn1cnc2nc(Nc3nc(C)c(C(=O)O)s3)nc(NCc3ccc(OC)c(OC)c3)c21. The number of hydrogen-bond acceptors (Lipinski definition) is 10. The summed E-state index contributed by atoms with van der Waals surface area (Å²) in [5, 5.41) is 16.0. The highest BCUT2D eigenvalue weighted by Crippen LogP contribution is 2.30. The van der Waals surface area contributed by atoms with Crippen LogP contribution in [0.4, 0.5) is 16.9 Å². The number of fused-ring (bicyclic) bond motifs is 1. The van der Waals surface area contributed by atoms with E-state index in [4.69, 9.17) is 9.47 Å². The van der Waals surface area contributed by atoms with E-state index in [-0.39, 0.29) is 10.8 Å². The van der Waals surface area contributed by atoms with Gasteiger partial charge in [0.05, 0.1) is 26.2 Å². The van der Waals surface area contributed by atoms with Crippen molar-refractivity contribution in [2.75, 3.05) is 24.9 Å². The standard InChI is InChI=1S/C21H23N7O4S/c1-5-28-10-23-18-15(28)17(22-9-12-6-7-13(31-3)14(8-12)32-4)25-20(26-18)27-21-24-11(2)16(33-21)19(29)30/h6-8,10H,5,9H2,1-4H3,(H,29,30)(H2,22,24,25,26,27). The predicted molar refractivity (Wildman–Crippen MR) is 125 cm³/mol. The van der Waals surface area contributed by atoms with Crippen LogP contribution in [-0.2, 0) is 13.1 Å². The number of aromatic nitrogens is 5. The minimum Gasteiger partial charge on any atom is -0.493 e. The van der Waals surface area contributed by atoms with Crippen LogP contribution in [0.2, 0.25) is 0 Å². The normalized spacial score (nSPS) is 10.9. The summed E-state index contributed by atoms with van der Waals surface area (Å²) in [4.78, 5) is 29.3. The Morgan fingerprint density at radius 3 is 2.64 bits per heavy atom. The first-order chi connectivity index (χ1) is 15.9. The molecule has 0 aliphatic heterocycles. The first kappa shape index (κ1) is 22.3. The van der Waals surface area contributed by atoms with Crippen LogP contribution in [0.25, 0.3) is 11.2 Å². The fourth-order valence-corrected chi connectivity index (χ4v) is 4.12. The van der Waals surface area contributed by atoms with Crippen LogP contribution in [0.1, 0.15) is 27.9 Å². The molecule has 4 rings (SSSR count). The molecule has 3 heterocycles. The molecule has 0 radical (unpaired) electrons. The molecule has 0 atom stereocenters. The summed E-state index contributed by atoms with van der Waals surface area (Å²) >= 11 is 1.03. The van der Waals surface area contributed by atoms with Crippen molar-refractivity contribution in [2.45, 2.75) is 26.9 Å². The fourth-order valence-electron chi connectivity index (χ4n) is 3.32. The van der Waals surface area contributed by atoms with Gasteiger partial charge < -0.3 is 24.5 Å². The summed E-state index contributed by atoms with van der Waals surface area (Å²) < 4.78 is 12.6. The van der Waals surface area contributed by atoms with E-state index < -0.39 is 5.97 Å². The minimum atomic E-state index is -1.02. The van der Waals surface area contributed by atoms with Gasteiger partial charge in [-0.15, -0.1) is 0 Å². The number of carboxylic acids is 1. The quantitative estimate of drug-likeness (QED) is 0.333. The molecule has 0 amide bonds. The number of benzene rings is 1. The average Bonchev–Trinajstić information content (AvgIpc) is 3.40. The summed E-state index contributed by atoms with van der Waals surface area (Å²) in [7, 11) is 3.19. The van der Waals surface area contributed by atoms with Crippen molar-refractivity contribution in [1.29, 1.82) is 0 Å². The Labute approximate surface area is 193 Å². The second-order valence-electron chi connectivity index (χ2n) is 7.01. The summed E-state index contributed by atoms with van der Waals surface area (Å²) in [6, 6.07) is 5.68. The molecular weight excluding hydrogens is 446 g/mol. The molecule has 0 saturated heterocycles. The summed E-state index contributed by atoms with van der Waals surface area (Å²) in [6.45, 7) is 4.83. The van der Waals surface area contributed by atoms with Gasteiger partial charge in [-0.2, -0.15) is 9.97 Å². The molecule has 11 nitrogen and oxygen atoms in total. The summed E-state index contributed by atoms with van der Waals surface area (Å²) in [5.41, 5.74) is 2.68. The predicted octanol–water partition coefficient (Wildman–Crippen LogP) is 3.68. The van der Waals surface area contributed by atoms with Crippen molar-refractivity contribution >= 4 is 45.4 Å². The second kappa shape index (κ2) is 9.28. The molecule has 0 unspecified atom stereocenters. The van der Waals surface area contributed by atoms with E-state index in [0.29, 0.717) is 46.9 Å². The van der Waals surface area contributed by atoms with Crippen LogP contribution in [-0.4, -0.2) is 49.8 Å². The number of carboxylic acid groups (broad SMARTS) is 1. The average molecular weight is 470 g/mol. The van der Waals surface area contributed by atoms with Crippen molar-refractivity contribution in [2.24, 2.45) is 0 Å². The van der Waals surface area contributed by atoms with Gasteiger partial charge in [-0.3, -0.25) is 5.32 Å². The smallest absolute Gasteiger partial charge is 0.347 e. The zero-order valence-corrected chi connectivity index (χ0v) is 19.4. The molecular formula is C21H23N7O4S. The lowest BCUT2D eigenvalue weighted by Gasteiger charge is -2.12. The lowest BCUT2D eigenvalue weighted by Crippen LogP contribution is -2.08. The largest absolute Gasteiger partial charge is 0.493 e. The van der Waals surface area contributed by atoms with Crippen LogP contribution < -0.4 is 20.1 Å². The molecule has 4 aromatic rings. The van der Waals surface area contributed by atoms with Gasteiger partial charge in [0.15, 0.2) is 28.1 Å². The zero-order valence-electron chi connectivity index (χ0n) is 18.5. The van der Waals surface area contributed by atoms with E-state index >= 15 is 0 Å². The molecule has 33 heavy (non-hydrogen) atoms. The molecule has 12 heteroatoms. The number of nitrogens with zero attached hydrogens (tertiary/aromatic N) is 5. The Bertz CT molecular complexity index is 1320. The number of nitrogens with one attached hydrogen (secondary N) is 2. The molecule has 0 spiro atoms. The molecule has 0 bridgehead atoms. The topological polar surface area (TPSA) is 136 Å². The van der Waals surface area contributed by atoms with Gasteiger partial charge in [0.2, 0.25) is 5.95 Å². The molecule has 0 aliphatic carbocycles. The number of rotatable bonds is 9. The Morgan fingerprint density at radius 1 is 1.18 bits per heavy atom. The first-order valence-electron chi connectivity index (χ1n) is 10.1. The minimum absolute atomic E-state index is 0.167. The molecule has 3 N–H and O–H groups in total. The third-order valence-electron chi connectivity index (χ3n) is 4.93. The van der Waals surface area contributed by atoms with Gasteiger partial charge in [-0.05, 0) is 31.5 Å². The van der Waals surface area contributed by atoms with E-state index in [2.05, 4.69) is 30.6 Å². The van der Waals surface area contributed by atoms with Crippen molar-refractivity contribution in [3.63, 3.8) is 0 Å². The van der Waals surface area contributed by atoms with Crippen LogP contribution in [0, 0.1) is 6.92 Å². The lowest BCUT2D eigenvalue weighted by molar-refractivity contribution is 0.0701. The van der Waals surface area contributed by atoms with Crippen LogP contribution in [0.15, 0.2) is 24.5 Å². The molecule has 0 saturated carbocycles. The van der Waals surface area contributed by atoms with E-state index in [1.54, 1.807) is 27.5 Å². The summed E-state index contributed by atoms with van der Waals surface area (Å²) in [6.07, 6.45) is 1.71. The molecule has 3 aromatic heterocycles. The van der Waals surface area contributed by atoms with E-state index in [9.17, 15) is 9.90 Å². The highest BCUT2D eigenvalue weighted by Gasteiger charge is 2.17. The Morgan fingerprint density at radius 2 is 1.97 bits per heavy atom. The maximum absolute atomic E-state index is 11.3. The third-order valence-corrected chi connectivity index (χ3v) is 5.99. The van der Waals surface area contributed by atoms with Crippen molar-refractivity contribution in [1.82, 2.24) is 24.5 Å². The van der Waals surface area contributed by atoms with Crippen molar-refractivity contribution < 1.29 is 19.4 Å². The van der Waals surface area contributed by atoms with Gasteiger partial charge in [-0.1, -0.05) is 17.4 Å². The third kappa shape index (κ3) is 4.51. The maximum Gasteiger partial charge on any atom is 0.347 e. The number of carbonyl (C=O) groups is 1. The van der Waals surface area contributed by atoms with E-state index in [1.165, 1.54) is 0 Å².